The van der Waals surface area contributed by atoms with Crippen molar-refractivity contribution in [2.75, 3.05) is 67.7 Å². The molecule has 0 heterocycles. The minimum Gasteiger partial charge on any atom is -0.383 e. The van der Waals surface area contributed by atoms with E-state index in [2.05, 4.69) is 10.3 Å². The molecule has 0 saturated heterocycles. The van der Waals surface area contributed by atoms with Crippen molar-refractivity contribution in [3.05, 3.63) is 0 Å². The van der Waals surface area contributed by atoms with Gasteiger partial charge >= 0.3 is 0 Å². The number of nitrogens with zero attached hydrogens (tertiary/aromatic N) is 3. The number of likely N-dealkylation sites (N-methyl/N-ethyl adjacent to an activating group) is 2. The first-order chi connectivity index (χ1) is 10.5. The summed E-state index contributed by atoms with van der Waals surface area (Å²) < 4.78 is 10.7. The number of ether oxygens (including phenoxy) is 2. The molecule has 22 heavy (non-hydrogen) atoms. The standard InChI is InChI=1S/C15H30N4O3/c1-18(2)14(20)11-17-15(16-7-9-21-4)19(3)8-10-22-12-13-5-6-13/h13H,5-12H2,1-4H3,(H,16,17). The van der Waals surface area contributed by atoms with E-state index < -0.39 is 0 Å². The first kappa shape index (κ1) is 18.7. The Kier molecular flexibility index (Phi) is 8.84. The van der Waals surface area contributed by atoms with Crippen LogP contribution in [0, 0.1) is 5.92 Å². The van der Waals surface area contributed by atoms with Crippen molar-refractivity contribution in [2.45, 2.75) is 12.8 Å². The molecule has 0 unspecified atom stereocenters. The van der Waals surface area contributed by atoms with Crippen LogP contribution in [0.15, 0.2) is 4.99 Å². The number of rotatable bonds is 10. The number of carbonyl (C=O) groups excluding carboxylic acids is 1. The van der Waals surface area contributed by atoms with Crippen molar-refractivity contribution < 1.29 is 14.3 Å². The molecule has 1 N–H and O–H groups in total. The Morgan fingerprint density at radius 1 is 1.27 bits per heavy atom. The molecule has 0 spiro atoms. The summed E-state index contributed by atoms with van der Waals surface area (Å²) in [5.74, 6) is 1.45. The summed E-state index contributed by atoms with van der Waals surface area (Å²) >= 11 is 0. The molecule has 0 atom stereocenters. The fraction of sp³-hybridized carbons (Fsp3) is 0.867. The van der Waals surface area contributed by atoms with Gasteiger partial charge in [0, 0.05) is 47.9 Å². The van der Waals surface area contributed by atoms with Crippen LogP contribution in [-0.2, 0) is 14.3 Å². The zero-order chi connectivity index (χ0) is 16.4. The SMILES string of the molecule is COCCNC(=NCC(=O)N(C)C)N(C)CCOCC1CC1. The van der Waals surface area contributed by atoms with Crippen molar-refractivity contribution in [2.24, 2.45) is 10.9 Å². The van der Waals surface area contributed by atoms with Gasteiger partial charge in [-0.1, -0.05) is 0 Å². The normalized spacial score (nSPS) is 14.8. The van der Waals surface area contributed by atoms with Gasteiger partial charge in [-0.3, -0.25) is 4.79 Å². The van der Waals surface area contributed by atoms with E-state index >= 15 is 0 Å². The monoisotopic (exact) mass is 314 g/mol. The highest BCUT2D eigenvalue weighted by Gasteiger charge is 2.21. The molecule has 1 rings (SSSR count). The second kappa shape index (κ2) is 10.4. The minimum absolute atomic E-state index is 0.0237. The number of carbonyl (C=O) groups is 1. The number of hydrogen-bond donors (Lipinski definition) is 1. The van der Waals surface area contributed by atoms with E-state index in [1.54, 1.807) is 21.2 Å². The molecule has 0 aromatic heterocycles. The Bertz CT molecular complexity index is 357. The second-order valence-corrected chi connectivity index (χ2v) is 5.79. The van der Waals surface area contributed by atoms with Gasteiger partial charge in [-0.05, 0) is 18.8 Å². The Hall–Kier alpha value is -1.34. The quantitative estimate of drug-likeness (QED) is 0.350. The first-order valence-electron chi connectivity index (χ1n) is 7.81. The number of guanidine groups is 1. The highest BCUT2D eigenvalue weighted by atomic mass is 16.5. The Labute approximate surface area is 133 Å². The lowest BCUT2D eigenvalue weighted by atomic mass is 10.5. The zero-order valence-electron chi connectivity index (χ0n) is 14.3. The van der Waals surface area contributed by atoms with Gasteiger partial charge in [0.2, 0.25) is 5.91 Å². The van der Waals surface area contributed by atoms with Gasteiger partial charge < -0.3 is 24.6 Å². The lowest BCUT2D eigenvalue weighted by molar-refractivity contribution is -0.127. The van der Waals surface area contributed by atoms with E-state index in [4.69, 9.17) is 9.47 Å². The summed E-state index contributed by atoms with van der Waals surface area (Å²) in [6.07, 6.45) is 2.60. The van der Waals surface area contributed by atoms with Gasteiger partial charge in [0.15, 0.2) is 5.96 Å². The van der Waals surface area contributed by atoms with Crippen molar-refractivity contribution in [3.8, 4) is 0 Å². The molecule has 0 aliphatic heterocycles. The molecule has 0 aromatic carbocycles. The van der Waals surface area contributed by atoms with Gasteiger partial charge in [0.1, 0.15) is 6.54 Å². The second-order valence-electron chi connectivity index (χ2n) is 5.79. The van der Waals surface area contributed by atoms with Crippen LogP contribution < -0.4 is 5.32 Å². The molecule has 1 fully saturated rings. The molecule has 1 saturated carbocycles. The smallest absolute Gasteiger partial charge is 0.243 e. The highest BCUT2D eigenvalue weighted by Crippen LogP contribution is 2.28. The molecule has 1 aliphatic rings. The number of aliphatic imine (C=N–C) groups is 1. The van der Waals surface area contributed by atoms with Crippen LogP contribution in [0.25, 0.3) is 0 Å². The van der Waals surface area contributed by atoms with Crippen LogP contribution in [0.4, 0.5) is 0 Å². The fourth-order valence-electron chi connectivity index (χ4n) is 1.70. The number of hydrogen-bond acceptors (Lipinski definition) is 4. The van der Waals surface area contributed by atoms with Crippen molar-refractivity contribution in [1.82, 2.24) is 15.1 Å². The summed E-state index contributed by atoms with van der Waals surface area (Å²) in [6, 6.07) is 0. The number of amides is 1. The summed E-state index contributed by atoms with van der Waals surface area (Å²) in [7, 11) is 7.05. The van der Waals surface area contributed by atoms with E-state index in [1.807, 2.05) is 11.9 Å². The maximum atomic E-state index is 11.7. The third kappa shape index (κ3) is 8.19. The molecule has 0 bridgehead atoms. The van der Waals surface area contributed by atoms with E-state index in [-0.39, 0.29) is 12.5 Å². The average molecular weight is 314 g/mol. The number of methoxy groups -OCH3 is 1. The van der Waals surface area contributed by atoms with Gasteiger partial charge in [-0.25, -0.2) is 4.99 Å². The fourth-order valence-corrected chi connectivity index (χ4v) is 1.70. The summed E-state index contributed by atoms with van der Waals surface area (Å²) in [4.78, 5) is 19.6. The summed E-state index contributed by atoms with van der Waals surface area (Å²) in [6.45, 7) is 3.64. The largest absolute Gasteiger partial charge is 0.383 e. The summed E-state index contributed by atoms with van der Waals surface area (Å²) in [5.41, 5.74) is 0. The maximum absolute atomic E-state index is 11.7. The molecule has 1 amide bonds. The Balaban J connectivity index is 2.38. The van der Waals surface area contributed by atoms with Crippen LogP contribution in [0.5, 0.6) is 0 Å². The third-order valence-electron chi connectivity index (χ3n) is 3.44. The van der Waals surface area contributed by atoms with E-state index in [0.29, 0.717) is 25.7 Å². The molecule has 7 nitrogen and oxygen atoms in total. The van der Waals surface area contributed by atoms with Crippen LogP contribution in [0.1, 0.15) is 12.8 Å². The minimum atomic E-state index is -0.0237. The van der Waals surface area contributed by atoms with Crippen molar-refractivity contribution in [1.29, 1.82) is 0 Å². The summed E-state index contributed by atoms with van der Waals surface area (Å²) in [5, 5.41) is 3.20. The van der Waals surface area contributed by atoms with Gasteiger partial charge in [0.25, 0.3) is 0 Å². The highest BCUT2D eigenvalue weighted by molar-refractivity contribution is 5.84. The zero-order valence-corrected chi connectivity index (χ0v) is 14.3. The predicted octanol–water partition coefficient (Wildman–Crippen LogP) is 0.0250. The van der Waals surface area contributed by atoms with E-state index in [1.165, 1.54) is 17.7 Å². The molecule has 0 aromatic rings. The van der Waals surface area contributed by atoms with Crippen LogP contribution in [0.3, 0.4) is 0 Å². The molecule has 7 heteroatoms. The Morgan fingerprint density at radius 2 is 2.00 bits per heavy atom. The van der Waals surface area contributed by atoms with Crippen LogP contribution >= 0.6 is 0 Å². The van der Waals surface area contributed by atoms with Gasteiger partial charge in [0.05, 0.1) is 13.2 Å². The maximum Gasteiger partial charge on any atom is 0.243 e. The van der Waals surface area contributed by atoms with Gasteiger partial charge in [-0.15, -0.1) is 0 Å². The number of nitrogens with one attached hydrogen (secondary N) is 1. The van der Waals surface area contributed by atoms with E-state index in [9.17, 15) is 4.79 Å². The lowest BCUT2D eigenvalue weighted by Gasteiger charge is -2.22. The lowest BCUT2D eigenvalue weighted by Crippen LogP contribution is -2.42. The average Bonchev–Trinajstić information content (AvgIpc) is 3.30. The van der Waals surface area contributed by atoms with E-state index in [0.717, 1.165) is 19.1 Å². The first-order valence-corrected chi connectivity index (χ1v) is 7.81. The molecule has 128 valence electrons. The van der Waals surface area contributed by atoms with Crippen LogP contribution in [0.2, 0.25) is 0 Å². The molecule has 0 radical (unpaired) electrons. The Morgan fingerprint density at radius 3 is 2.59 bits per heavy atom. The third-order valence-corrected chi connectivity index (χ3v) is 3.44. The topological polar surface area (TPSA) is 66.4 Å². The van der Waals surface area contributed by atoms with Gasteiger partial charge in [-0.2, -0.15) is 0 Å². The molecular weight excluding hydrogens is 284 g/mol. The van der Waals surface area contributed by atoms with Crippen molar-refractivity contribution >= 4 is 11.9 Å². The molecular formula is C15H30N4O3. The predicted molar refractivity (Wildman–Crippen MR) is 87.0 cm³/mol. The molecule has 1 aliphatic carbocycles. The van der Waals surface area contributed by atoms with Crippen LogP contribution in [-0.4, -0.2) is 89.4 Å². The van der Waals surface area contributed by atoms with Crippen molar-refractivity contribution in [3.63, 3.8) is 0 Å².